The van der Waals surface area contributed by atoms with E-state index < -0.39 is 0 Å². The summed E-state index contributed by atoms with van der Waals surface area (Å²) in [6, 6.07) is 2.95. The molecule has 3 rings (SSSR count). The van der Waals surface area contributed by atoms with Crippen LogP contribution >= 0.6 is 0 Å². The lowest BCUT2D eigenvalue weighted by atomic mass is 9.90. The Balaban J connectivity index is 1.88. The highest BCUT2D eigenvalue weighted by molar-refractivity contribution is 6.03. The fourth-order valence-electron chi connectivity index (χ4n) is 2.73. The van der Waals surface area contributed by atoms with E-state index in [0.29, 0.717) is 43.1 Å². The number of ketones is 1. The number of rotatable bonds is 3. The van der Waals surface area contributed by atoms with Gasteiger partial charge in [0.15, 0.2) is 5.78 Å². The number of Topliss-reactive ketones (excluding diaryl/α,β-unsaturated/α-hetero) is 1. The molecule has 0 saturated carbocycles. The Hall–Kier alpha value is -1.42. The highest BCUT2D eigenvalue weighted by Gasteiger charge is 2.36. The molecule has 1 aliphatic heterocycles. The second-order valence-electron chi connectivity index (χ2n) is 5.95. The Morgan fingerprint density at radius 1 is 1.47 bits per heavy atom. The molecule has 1 aliphatic carbocycles. The summed E-state index contributed by atoms with van der Waals surface area (Å²) < 4.78 is 24.7. The van der Waals surface area contributed by atoms with Crippen LogP contribution in [0.15, 0.2) is 12.1 Å². The van der Waals surface area contributed by atoms with Crippen LogP contribution < -0.4 is 4.74 Å². The lowest BCUT2D eigenvalue weighted by Gasteiger charge is -2.37. The first-order chi connectivity index (χ1) is 9.00. The summed E-state index contributed by atoms with van der Waals surface area (Å²) in [4.78, 5) is 12.0. The fourth-order valence-corrected chi connectivity index (χ4v) is 2.73. The summed E-state index contributed by atoms with van der Waals surface area (Å²) in [6.45, 7) is 5.77. The average molecular weight is 264 g/mol. The number of ether oxygens (including phenoxy) is 2. The third kappa shape index (κ3) is 2.04. The van der Waals surface area contributed by atoms with Crippen molar-refractivity contribution in [3.8, 4) is 5.75 Å². The molecule has 1 fully saturated rings. The Kier molecular flexibility index (Phi) is 2.86. The van der Waals surface area contributed by atoms with E-state index in [1.807, 2.05) is 6.92 Å². The number of halogens is 1. The molecule has 4 heteroatoms. The van der Waals surface area contributed by atoms with E-state index in [2.05, 4.69) is 6.92 Å². The lowest BCUT2D eigenvalue weighted by Crippen LogP contribution is -2.44. The van der Waals surface area contributed by atoms with Gasteiger partial charge >= 0.3 is 0 Å². The van der Waals surface area contributed by atoms with Crippen LogP contribution in [-0.4, -0.2) is 25.6 Å². The maximum Gasteiger partial charge on any atom is 0.167 e. The van der Waals surface area contributed by atoms with Crippen molar-refractivity contribution in [2.75, 3.05) is 19.8 Å². The van der Waals surface area contributed by atoms with E-state index >= 15 is 0 Å². The van der Waals surface area contributed by atoms with Gasteiger partial charge in [-0.1, -0.05) is 13.8 Å². The first-order valence-corrected chi connectivity index (χ1v) is 6.56. The number of carbonyl (C=O) groups excluding carboxylic acids is 1. The van der Waals surface area contributed by atoms with E-state index in [1.165, 1.54) is 6.07 Å². The van der Waals surface area contributed by atoms with Crippen LogP contribution in [0.5, 0.6) is 5.75 Å². The van der Waals surface area contributed by atoms with E-state index in [9.17, 15) is 9.18 Å². The van der Waals surface area contributed by atoms with Crippen LogP contribution in [0.3, 0.4) is 0 Å². The summed E-state index contributed by atoms with van der Waals surface area (Å²) in [6.07, 6.45) is 0.368. The normalized spacial score (nSPS) is 23.9. The predicted octanol–water partition coefficient (Wildman–Crippen LogP) is 2.93. The van der Waals surface area contributed by atoms with Gasteiger partial charge in [0.05, 0.1) is 25.4 Å². The van der Waals surface area contributed by atoms with E-state index in [1.54, 1.807) is 6.07 Å². The van der Waals surface area contributed by atoms with Gasteiger partial charge in [-0.25, -0.2) is 4.39 Å². The highest BCUT2D eigenvalue weighted by atomic mass is 19.1. The van der Waals surface area contributed by atoms with Crippen LogP contribution in [0.4, 0.5) is 4.39 Å². The van der Waals surface area contributed by atoms with Gasteiger partial charge in [0.2, 0.25) is 0 Å². The van der Waals surface area contributed by atoms with Crippen molar-refractivity contribution in [3.63, 3.8) is 0 Å². The molecule has 1 saturated heterocycles. The van der Waals surface area contributed by atoms with Crippen LogP contribution in [0.2, 0.25) is 0 Å². The van der Waals surface area contributed by atoms with Crippen molar-refractivity contribution in [3.05, 3.63) is 29.1 Å². The van der Waals surface area contributed by atoms with E-state index in [0.717, 1.165) is 0 Å². The van der Waals surface area contributed by atoms with Crippen molar-refractivity contribution in [1.29, 1.82) is 0 Å². The first-order valence-electron chi connectivity index (χ1n) is 6.56. The van der Waals surface area contributed by atoms with Crippen LogP contribution in [0.25, 0.3) is 0 Å². The molecule has 1 aromatic rings. The zero-order valence-corrected chi connectivity index (χ0v) is 11.2. The van der Waals surface area contributed by atoms with Crippen LogP contribution in [0, 0.1) is 11.2 Å². The molecule has 3 nitrogen and oxygen atoms in total. The van der Waals surface area contributed by atoms with Crippen molar-refractivity contribution in [2.24, 2.45) is 5.41 Å². The monoisotopic (exact) mass is 264 g/mol. The lowest BCUT2D eigenvalue weighted by molar-refractivity contribution is -0.120. The Bertz CT molecular complexity index is 534. The van der Waals surface area contributed by atoms with Crippen molar-refractivity contribution in [1.82, 2.24) is 0 Å². The Morgan fingerprint density at radius 3 is 2.84 bits per heavy atom. The smallest absolute Gasteiger partial charge is 0.167 e. The highest BCUT2D eigenvalue weighted by Crippen LogP contribution is 2.40. The van der Waals surface area contributed by atoms with Gasteiger partial charge in [-0.05, 0) is 18.1 Å². The molecule has 0 radical (unpaired) electrons. The van der Waals surface area contributed by atoms with Gasteiger partial charge in [0, 0.05) is 17.4 Å². The molecule has 2 aliphatic rings. The summed E-state index contributed by atoms with van der Waals surface area (Å²) >= 11 is 0. The number of hydrogen-bond donors (Lipinski definition) is 0. The van der Waals surface area contributed by atoms with Crippen molar-refractivity contribution >= 4 is 5.78 Å². The van der Waals surface area contributed by atoms with Gasteiger partial charge in [-0.15, -0.1) is 0 Å². The molecule has 1 aromatic carbocycles. The number of hydrogen-bond acceptors (Lipinski definition) is 3. The van der Waals surface area contributed by atoms with Gasteiger partial charge in [0.1, 0.15) is 11.6 Å². The van der Waals surface area contributed by atoms with E-state index in [4.69, 9.17) is 9.47 Å². The zero-order chi connectivity index (χ0) is 13.6. The molecule has 0 N–H and O–H groups in total. The second-order valence-corrected chi connectivity index (χ2v) is 5.95. The van der Waals surface area contributed by atoms with Crippen LogP contribution in [-0.2, 0) is 4.74 Å². The molecule has 1 heterocycles. The summed E-state index contributed by atoms with van der Waals surface area (Å²) in [7, 11) is 0. The zero-order valence-electron chi connectivity index (χ0n) is 11.2. The van der Waals surface area contributed by atoms with E-state index in [-0.39, 0.29) is 22.9 Å². The van der Waals surface area contributed by atoms with Gasteiger partial charge in [0.25, 0.3) is 0 Å². The molecule has 1 unspecified atom stereocenters. The van der Waals surface area contributed by atoms with Gasteiger partial charge in [-0.3, -0.25) is 4.79 Å². The molecule has 1 atom stereocenters. The van der Waals surface area contributed by atoms with Crippen molar-refractivity contribution < 1.29 is 18.7 Å². The molecule has 0 amide bonds. The fraction of sp³-hybridized carbons (Fsp3) is 0.533. The molecule has 0 bridgehead atoms. The van der Waals surface area contributed by atoms with Gasteiger partial charge < -0.3 is 9.47 Å². The maximum atomic E-state index is 13.8. The minimum Gasteiger partial charge on any atom is -0.492 e. The van der Waals surface area contributed by atoms with Crippen molar-refractivity contribution in [2.45, 2.75) is 26.2 Å². The molecule has 0 spiro atoms. The second kappa shape index (κ2) is 4.30. The standard InChI is InChI=1S/C15H17FO3/c1-9-5-11(17)14-12(4-3-10(16)13(9)14)19-8-15(2)6-18-7-15/h3-4,9H,5-8H2,1-2H3. The molecular weight excluding hydrogens is 247 g/mol. The minimum atomic E-state index is -0.307. The minimum absolute atomic E-state index is 0.00847. The van der Waals surface area contributed by atoms with Gasteiger partial charge in [-0.2, -0.15) is 0 Å². The maximum absolute atomic E-state index is 13.8. The molecule has 19 heavy (non-hydrogen) atoms. The Labute approximate surface area is 111 Å². The predicted molar refractivity (Wildman–Crippen MR) is 68.2 cm³/mol. The third-order valence-corrected chi connectivity index (χ3v) is 3.89. The SMILES string of the molecule is CC1CC(=O)c2c(OCC3(C)COC3)ccc(F)c21. The third-order valence-electron chi connectivity index (χ3n) is 3.89. The quantitative estimate of drug-likeness (QED) is 0.842. The molecule has 0 aromatic heterocycles. The van der Waals surface area contributed by atoms with Crippen LogP contribution in [0.1, 0.15) is 42.1 Å². The average Bonchev–Trinajstić information content (AvgIpc) is 2.63. The Morgan fingerprint density at radius 2 is 2.21 bits per heavy atom. The molecule has 102 valence electrons. The first kappa shape index (κ1) is 12.6. The summed E-state index contributed by atoms with van der Waals surface area (Å²) in [5.41, 5.74) is 0.961. The largest absolute Gasteiger partial charge is 0.492 e. The number of fused-ring (bicyclic) bond motifs is 1. The summed E-state index contributed by atoms with van der Waals surface area (Å²) in [5.74, 6) is 0.124. The molecular formula is C15H17FO3. The topological polar surface area (TPSA) is 35.5 Å². The number of carbonyl (C=O) groups is 1. The summed E-state index contributed by atoms with van der Waals surface area (Å²) in [5, 5.41) is 0. The number of benzene rings is 1.